The molecule has 0 spiro atoms. The van der Waals surface area contributed by atoms with Gasteiger partial charge in [0.05, 0.1) is 31.6 Å². The fourth-order valence-corrected chi connectivity index (χ4v) is 3.04. The number of guanidine groups is 1. The summed E-state index contributed by atoms with van der Waals surface area (Å²) < 4.78 is 27.5. The number of hydrogen-bond acceptors (Lipinski definition) is 4. The van der Waals surface area contributed by atoms with Gasteiger partial charge in [0.25, 0.3) is 0 Å². The highest BCUT2D eigenvalue weighted by Gasteiger charge is 2.08. The van der Waals surface area contributed by atoms with Crippen LogP contribution in [0.5, 0.6) is 0 Å². The van der Waals surface area contributed by atoms with Crippen LogP contribution in [0.4, 0.5) is 0 Å². The van der Waals surface area contributed by atoms with Crippen molar-refractivity contribution < 1.29 is 13.2 Å². The Hall–Kier alpha value is -1.39. The lowest BCUT2D eigenvalue weighted by atomic mass is 10.0. The monoisotopic (exact) mass is 519 g/mol. The molecule has 0 aliphatic rings. The van der Waals surface area contributed by atoms with E-state index in [4.69, 9.17) is 4.74 Å². The second-order valence-electron chi connectivity index (χ2n) is 6.48. The molecule has 2 N–H and O–H groups in total. The summed E-state index contributed by atoms with van der Waals surface area (Å²) in [5.41, 5.74) is 1.18. The lowest BCUT2D eigenvalue weighted by Crippen LogP contribution is -2.39. The standard InChI is InChI=1S/C20H29N3O3S.HI/c1-4-21-20(22-11-12-26-13-14-27(3,24)25)23-16(2)18-10-9-17-7-5-6-8-19(17)15-18;/h5-10,15-16H,4,11-14H2,1-3H3,(H2,21,22,23);1H. The molecule has 0 radical (unpaired) electrons. The second kappa shape index (κ2) is 12.2. The van der Waals surface area contributed by atoms with Gasteiger partial charge in [-0.1, -0.05) is 36.4 Å². The average molecular weight is 519 g/mol. The summed E-state index contributed by atoms with van der Waals surface area (Å²) in [7, 11) is -2.98. The van der Waals surface area contributed by atoms with Gasteiger partial charge in [0.1, 0.15) is 9.84 Å². The summed E-state index contributed by atoms with van der Waals surface area (Å²) in [5, 5.41) is 9.06. The van der Waals surface area contributed by atoms with E-state index in [-0.39, 0.29) is 42.4 Å². The zero-order valence-electron chi connectivity index (χ0n) is 16.6. The predicted molar refractivity (Wildman–Crippen MR) is 127 cm³/mol. The fourth-order valence-electron chi connectivity index (χ4n) is 2.62. The Morgan fingerprint density at radius 1 is 1.14 bits per heavy atom. The van der Waals surface area contributed by atoms with E-state index >= 15 is 0 Å². The first-order valence-corrected chi connectivity index (χ1v) is 11.2. The molecule has 6 nitrogen and oxygen atoms in total. The quantitative estimate of drug-likeness (QED) is 0.230. The van der Waals surface area contributed by atoms with Crippen LogP contribution in [0.3, 0.4) is 0 Å². The first-order chi connectivity index (χ1) is 12.9. The third kappa shape index (κ3) is 8.74. The molecule has 0 aliphatic carbocycles. The molecule has 0 heterocycles. The molecule has 1 unspecified atom stereocenters. The number of aliphatic imine (C=N–C) groups is 1. The van der Waals surface area contributed by atoms with Gasteiger partial charge in [-0.15, -0.1) is 24.0 Å². The fraction of sp³-hybridized carbons (Fsp3) is 0.450. The van der Waals surface area contributed by atoms with Gasteiger partial charge >= 0.3 is 0 Å². The van der Waals surface area contributed by atoms with Crippen molar-refractivity contribution in [3.63, 3.8) is 0 Å². The van der Waals surface area contributed by atoms with Crippen LogP contribution in [-0.2, 0) is 14.6 Å². The van der Waals surface area contributed by atoms with Crippen LogP contribution in [0.2, 0.25) is 0 Å². The molecule has 8 heteroatoms. The third-order valence-electron chi connectivity index (χ3n) is 4.07. The topological polar surface area (TPSA) is 79.8 Å². The Kier molecular flexibility index (Phi) is 10.8. The maximum absolute atomic E-state index is 11.1. The van der Waals surface area contributed by atoms with Crippen molar-refractivity contribution >= 4 is 50.5 Å². The van der Waals surface area contributed by atoms with Crippen molar-refractivity contribution in [3.05, 3.63) is 48.0 Å². The Labute approximate surface area is 185 Å². The van der Waals surface area contributed by atoms with Gasteiger partial charge in [-0.25, -0.2) is 8.42 Å². The molecular weight excluding hydrogens is 489 g/mol. The third-order valence-corrected chi connectivity index (χ3v) is 4.98. The molecule has 0 fully saturated rings. The Bertz CT molecular complexity index is 872. The highest BCUT2D eigenvalue weighted by molar-refractivity contribution is 14.0. The van der Waals surface area contributed by atoms with E-state index < -0.39 is 9.84 Å². The van der Waals surface area contributed by atoms with Gasteiger partial charge in [0, 0.05) is 12.8 Å². The lowest BCUT2D eigenvalue weighted by Gasteiger charge is -2.18. The van der Waals surface area contributed by atoms with Crippen molar-refractivity contribution in [3.8, 4) is 0 Å². The van der Waals surface area contributed by atoms with E-state index in [1.807, 2.05) is 19.1 Å². The summed E-state index contributed by atoms with van der Waals surface area (Å²) >= 11 is 0. The number of halogens is 1. The minimum Gasteiger partial charge on any atom is -0.378 e. The van der Waals surface area contributed by atoms with E-state index in [0.29, 0.717) is 19.1 Å². The van der Waals surface area contributed by atoms with Crippen molar-refractivity contribution in [2.24, 2.45) is 4.99 Å². The van der Waals surface area contributed by atoms with Crippen LogP contribution in [0, 0.1) is 0 Å². The number of sulfone groups is 1. The Morgan fingerprint density at radius 3 is 2.54 bits per heavy atom. The molecule has 0 aliphatic heterocycles. The molecule has 0 amide bonds. The first-order valence-electron chi connectivity index (χ1n) is 9.18. The van der Waals surface area contributed by atoms with Crippen molar-refractivity contribution in [1.29, 1.82) is 0 Å². The van der Waals surface area contributed by atoms with E-state index in [0.717, 1.165) is 6.54 Å². The summed E-state index contributed by atoms with van der Waals surface area (Å²) in [4.78, 5) is 4.50. The Balaban J connectivity index is 0.00000392. The first kappa shape index (κ1) is 24.6. The predicted octanol–water partition coefficient (Wildman–Crippen LogP) is 3.14. The molecule has 0 aromatic heterocycles. The Morgan fingerprint density at radius 2 is 1.86 bits per heavy atom. The molecule has 0 bridgehead atoms. The number of ether oxygens (including phenoxy) is 1. The highest BCUT2D eigenvalue weighted by Crippen LogP contribution is 2.20. The van der Waals surface area contributed by atoms with Crippen LogP contribution < -0.4 is 10.6 Å². The van der Waals surface area contributed by atoms with Gasteiger partial charge < -0.3 is 15.4 Å². The maximum atomic E-state index is 11.1. The SMILES string of the molecule is CCNC(=NCCOCCS(C)(=O)=O)NC(C)c1ccc2ccccc2c1.I. The summed E-state index contributed by atoms with van der Waals surface area (Å²) in [5.74, 6) is 0.749. The molecule has 2 rings (SSSR count). The second-order valence-corrected chi connectivity index (χ2v) is 8.74. The number of benzene rings is 2. The summed E-state index contributed by atoms with van der Waals surface area (Å²) in [6, 6.07) is 14.8. The van der Waals surface area contributed by atoms with Gasteiger partial charge in [0.2, 0.25) is 0 Å². The minimum absolute atomic E-state index is 0. The highest BCUT2D eigenvalue weighted by atomic mass is 127. The number of rotatable bonds is 9. The molecule has 28 heavy (non-hydrogen) atoms. The van der Waals surface area contributed by atoms with Gasteiger partial charge in [0.15, 0.2) is 5.96 Å². The molecule has 2 aromatic rings. The van der Waals surface area contributed by atoms with E-state index in [9.17, 15) is 8.42 Å². The van der Waals surface area contributed by atoms with Crippen LogP contribution in [-0.4, -0.2) is 52.7 Å². The number of fused-ring (bicyclic) bond motifs is 1. The normalized spacial score (nSPS) is 13.0. The van der Waals surface area contributed by atoms with Crippen molar-refractivity contribution in [2.45, 2.75) is 19.9 Å². The largest absolute Gasteiger partial charge is 0.378 e. The van der Waals surface area contributed by atoms with Gasteiger partial charge in [-0.2, -0.15) is 0 Å². The van der Waals surface area contributed by atoms with Crippen LogP contribution in [0.15, 0.2) is 47.5 Å². The van der Waals surface area contributed by atoms with Crippen LogP contribution >= 0.6 is 24.0 Å². The van der Waals surface area contributed by atoms with Crippen molar-refractivity contribution in [2.75, 3.05) is 38.3 Å². The van der Waals surface area contributed by atoms with E-state index in [2.05, 4.69) is 52.9 Å². The molecule has 156 valence electrons. The number of nitrogens with one attached hydrogen (secondary N) is 2. The van der Waals surface area contributed by atoms with Crippen LogP contribution in [0.25, 0.3) is 10.8 Å². The number of hydrogen-bond donors (Lipinski definition) is 2. The van der Waals surface area contributed by atoms with Crippen molar-refractivity contribution in [1.82, 2.24) is 10.6 Å². The molecule has 0 saturated heterocycles. The average Bonchev–Trinajstić information content (AvgIpc) is 2.63. The van der Waals surface area contributed by atoms with E-state index in [1.165, 1.54) is 22.6 Å². The van der Waals surface area contributed by atoms with Gasteiger partial charge in [-0.3, -0.25) is 4.99 Å². The summed E-state index contributed by atoms with van der Waals surface area (Å²) in [6.07, 6.45) is 1.20. The zero-order chi connectivity index (χ0) is 19.7. The van der Waals surface area contributed by atoms with Crippen LogP contribution in [0.1, 0.15) is 25.5 Å². The van der Waals surface area contributed by atoms with Gasteiger partial charge in [-0.05, 0) is 36.2 Å². The molecule has 1 atom stereocenters. The maximum Gasteiger partial charge on any atom is 0.191 e. The molecule has 0 saturated carbocycles. The zero-order valence-corrected chi connectivity index (χ0v) is 19.8. The summed E-state index contributed by atoms with van der Waals surface area (Å²) in [6.45, 7) is 5.91. The smallest absolute Gasteiger partial charge is 0.191 e. The lowest BCUT2D eigenvalue weighted by molar-refractivity contribution is 0.157. The molecule has 2 aromatic carbocycles. The number of nitrogens with zero attached hydrogens (tertiary/aromatic N) is 1. The minimum atomic E-state index is -2.98. The van der Waals surface area contributed by atoms with E-state index in [1.54, 1.807) is 0 Å². The molecular formula is C20H30IN3O3S.